The zero-order valence-corrected chi connectivity index (χ0v) is 17.7. The van der Waals surface area contributed by atoms with Crippen LogP contribution in [-0.4, -0.2) is 116 Å². The molecule has 0 radical (unpaired) electrons. The first kappa shape index (κ1) is 41.5. The summed E-state index contributed by atoms with van der Waals surface area (Å²) in [4.78, 5) is 62.5. The Kier molecular flexibility index (Phi) is 31.0. The molecular weight excluding hydrogens is 462 g/mol. The maximum Gasteiger partial charge on any atom is 0.317 e. The number of nitrogens with zero attached hydrogens (tertiary/aromatic N) is 2. The van der Waals surface area contributed by atoms with Crippen LogP contribution in [0.5, 0.6) is 0 Å². The van der Waals surface area contributed by atoms with Crippen LogP contribution in [0.4, 0.5) is 0 Å². The van der Waals surface area contributed by atoms with Crippen LogP contribution in [0.2, 0.25) is 0 Å². The molecule has 0 aromatic carbocycles. The summed E-state index contributed by atoms with van der Waals surface area (Å²) in [6, 6.07) is 0. The molecule has 30 heavy (non-hydrogen) atoms. The molecule has 0 aromatic rings. The summed E-state index contributed by atoms with van der Waals surface area (Å²) in [6.07, 6.45) is 0. The monoisotopic (exact) mass is 492 g/mol. The summed E-state index contributed by atoms with van der Waals surface area (Å²) in [5.41, 5.74) is 0. The average Bonchev–Trinajstić information content (AvgIpc) is 2.33. The van der Waals surface area contributed by atoms with E-state index in [-0.39, 0.29) is 35.5 Å². The van der Waals surface area contributed by atoms with Gasteiger partial charge in [0.25, 0.3) is 0 Å². The van der Waals surface area contributed by atoms with E-state index in [1.165, 1.54) is 0 Å². The largest absolute Gasteiger partial charge is 0.480 e. The van der Waals surface area contributed by atoms with Crippen molar-refractivity contribution in [2.75, 3.05) is 39.3 Å². The SMILES string of the molecule is O=C(O)CN(CC(=O)O)CC(=O)O.O=C(O)CN(CC(=O)O)CC(=O)O.[Fe].[NH4+].[NH4+].[NH4+]. The van der Waals surface area contributed by atoms with Crippen molar-refractivity contribution in [2.45, 2.75) is 0 Å². The first-order valence-electron chi connectivity index (χ1n) is 6.59. The summed E-state index contributed by atoms with van der Waals surface area (Å²) in [6.45, 7) is -3.59. The van der Waals surface area contributed by atoms with E-state index < -0.39 is 75.1 Å². The number of hydrogen-bond acceptors (Lipinski definition) is 8. The summed E-state index contributed by atoms with van der Waals surface area (Å²) in [5.74, 6) is -7.57. The van der Waals surface area contributed by atoms with E-state index in [0.717, 1.165) is 9.80 Å². The molecule has 0 saturated carbocycles. The Balaban J connectivity index is -0.0000000847. The van der Waals surface area contributed by atoms with Crippen molar-refractivity contribution in [3.8, 4) is 0 Å². The number of rotatable bonds is 12. The molecule has 0 bridgehead atoms. The Bertz CT molecular complexity index is 438. The Morgan fingerprint density at radius 3 is 0.567 bits per heavy atom. The smallest absolute Gasteiger partial charge is 0.317 e. The second kappa shape index (κ2) is 22.4. The third kappa shape index (κ3) is 32.8. The Morgan fingerprint density at radius 1 is 0.400 bits per heavy atom. The number of quaternary nitrogens is 3. The van der Waals surface area contributed by atoms with Gasteiger partial charge < -0.3 is 49.1 Å². The molecule has 18 N–H and O–H groups in total. The van der Waals surface area contributed by atoms with Crippen molar-refractivity contribution in [2.24, 2.45) is 0 Å². The minimum absolute atomic E-state index is 0. The molecule has 0 heterocycles. The minimum atomic E-state index is -1.26. The van der Waals surface area contributed by atoms with Crippen LogP contribution in [0, 0.1) is 0 Å². The molecule has 180 valence electrons. The van der Waals surface area contributed by atoms with Crippen molar-refractivity contribution in [1.29, 1.82) is 0 Å². The van der Waals surface area contributed by atoms with E-state index in [9.17, 15) is 28.8 Å². The average molecular weight is 492 g/mol. The summed E-state index contributed by atoms with van der Waals surface area (Å²) >= 11 is 0. The van der Waals surface area contributed by atoms with Crippen molar-refractivity contribution >= 4 is 35.8 Å². The quantitative estimate of drug-likeness (QED) is 0.136. The van der Waals surface area contributed by atoms with E-state index in [1.54, 1.807) is 0 Å². The molecule has 0 atom stereocenters. The summed E-state index contributed by atoms with van der Waals surface area (Å²) in [7, 11) is 0. The van der Waals surface area contributed by atoms with Crippen molar-refractivity contribution in [3.63, 3.8) is 0 Å². The van der Waals surface area contributed by atoms with Crippen LogP contribution in [0.3, 0.4) is 0 Å². The van der Waals surface area contributed by atoms with Crippen LogP contribution in [0.15, 0.2) is 0 Å². The van der Waals surface area contributed by atoms with Gasteiger partial charge in [0, 0.05) is 17.1 Å². The van der Waals surface area contributed by atoms with Gasteiger partial charge in [0.05, 0.1) is 39.3 Å². The summed E-state index contributed by atoms with van der Waals surface area (Å²) in [5, 5.41) is 49.7. The van der Waals surface area contributed by atoms with Gasteiger partial charge in [-0.25, -0.2) is 0 Å². The second-order valence-corrected chi connectivity index (χ2v) is 4.65. The van der Waals surface area contributed by atoms with E-state index in [0.29, 0.717) is 0 Å². The van der Waals surface area contributed by atoms with E-state index >= 15 is 0 Å². The molecule has 0 unspecified atom stereocenters. The fourth-order valence-electron chi connectivity index (χ4n) is 1.48. The summed E-state index contributed by atoms with van der Waals surface area (Å²) < 4.78 is 0. The molecule has 0 aliphatic carbocycles. The van der Waals surface area contributed by atoms with E-state index in [4.69, 9.17) is 30.6 Å². The zero-order chi connectivity index (χ0) is 20.9. The number of hydrogen-bond donors (Lipinski definition) is 9. The van der Waals surface area contributed by atoms with Gasteiger partial charge in [0.2, 0.25) is 0 Å². The van der Waals surface area contributed by atoms with Gasteiger partial charge in [-0.2, -0.15) is 0 Å². The minimum Gasteiger partial charge on any atom is -0.480 e. The molecule has 0 rings (SSSR count). The van der Waals surface area contributed by atoms with Crippen LogP contribution >= 0.6 is 0 Å². The maximum atomic E-state index is 10.1. The molecule has 0 spiro atoms. The second-order valence-electron chi connectivity index (χ2n) is 4.65. The molecular formula is C12H30FeN5O12+3. The normalized spacial score (nSPS) is 8.60. The molecule has 0 aromatic heterocycles. The Hall–Kier alpha value is -2.86. The molecule has 0 saturated heterocycles. The fourth-order valence-corrected chi connectivity index (χ4v) is 1.48. The van der Waals surface area contributed by atoms with E-state index in [1.807, 2.05) is 0 Å². The van der Waals surface area contributed by atoms with Gasteiger partial charge >= 0.3 is 35.8 Å². The Labute approximate surface area is 180 Å². The van der Waals surface area contributed by atoms with Gasteiger partial charge in [-0.05, 0) is 0 Å². The predicted molar refractivity (Wildman–Crippen MR) is 96.6 cm³/mol. The van der Waals surface area contributed by atoms with Crippen LogP contribution in [0.1, 0.15) is 0 Å². The fraction of sp³-hybridized carbons (Fsp3) is 0.500. The van der Waals surface area contributed by atoms with Gasteiger partial charge in [0.1, 0.15) is 0 Å². The maximum absolute atomic E-state index is 10.1. The predicted octanol–water partition coefficient (Wildman–Crippen LogP) is -1.79. The standard InChI is InChI=1S/2C6H9NO6.Fe.3H3N/c2*8-4(9)1-7(2-5(10)11)3-6(12)13;;;;/h2*1-3H2,(H,8,9)(H,10,11)(H,12,13);;3*1H3/p+3. The van der Waals surface area contributed by atoms with Crippen LogP contribution in [0.25, 0.3) is 0 Å². The Morgan fingerprint density at radius 2 is 0.500 bits per heavy atom. The number of carboxylic acids is 6. The molecule has 0 aliphatic rings. The number of aliphatic carboxylic acids is 6. The third-order valence-electron chi connectivity index (χ3n) is 2.15. The first-order valence-corrected chi connectivity index (χ1v) is 6.59. The van der Waals surface area contributed by atoms with Crippen molar-refractivity contribution in [1.82, 2.24) is 28.3 Å². The first-order chi connectivity index (χ1) is 11.8. The molecule has 0 aliphatic heterocycles. The van der Waals surface area contributed by atoms with Gasteiger partial charge in [0.15, 0.2) is 0 Å². The molecule has 0 amide bonds. The number of carbonyl (C=O) groups is 6. The number of carboxylic acid groups (broad SMARTS) is 6. The molecule has 0 fully saturated rings. The van der Waals surface area contributed by atoms with Crippen molar-refractivity contribution < 1.29 is 76.5 Å². The van der Waals surface area contributed by atoms with Crippen molar-refractivity contribution in [3.05, 3.63) is 0 Å². The molecule has 18 heteroatoms. The van der Waals surface area contributed by atoms with Gasteiger partial charge in [-0.15, -0.1) is 0 Å². The third-order valence-corrected chi connectivity index (χ3v) is 2.15. The zero-order valence-electron chi connectivity index (χ0n) is 16.6. The van der Waals surface area contributed by atoms with Gasteiger partial charge in [-0.3, -0.25) is 38.6 Å². The topological polar surface area (TPSA) is 340 Å². The van der Waals surface area contributed by atoms with E-state index in [2.05, 4.69) is 0 Å². The van der Waals surface area contributed by atoms with Crippen LogP contribution in [-0.2, 0) is 45.8 Å². The molecule has 17 nitrogen and oxygen atoms in total. The van der Waals surface area contributed by atoms with Gasteiger partial charge in [-0.1, -0.05) is 0 Å². The van der Waals surface area contributed by atoms with Crippen LogP contribution < -0.4 is 18.5 Å².